The number of aromatic nitrogens is 7. The van der Waals surface area contributed by atoms with Crippen LogP contribution in [0.4, 0.5) is 0 Å². The number of hydrogen-bond acceptors (Lipinski definition) is 4. The highest BCUT2D eigenvalue weighted by atomic mass is 15.1. The van der Waals surface area contributed by atoms with E-state index in [9.17, 15) is 5.26 Å². The van der Waals surface area contributed by atoms with E-state index in [1.807, 2.05) is 60.7 Å². The average molecular weight is 1220 g/mol. The van der Waals surface area contributed by atoms with Gasteiger partial charge < -0.3 is 18.3 Å². The predicted molar refractivity (Wildman–Crippen MR) is 395 cm³/mol. The molecule has 96 heavy (non-hydrogen) atoms. The summed E-state index contributed by atoms with van der Waals surface area (Å²) in [7, 11) is 0. The van der Waals surface area contributed by atoms with Crippen LogP contribution >= 0.6 is 0 Å². The van der Waals surface area contributed by atoms with Crippen LogP contribution in [-0.2, 0) is 0 Å². The summed E-state index contributed by atoms with van der Waals surface area (Å²) in [6.45, 7) is 0. The highest BCUT2D eigenvalue weighted by molar-refractivity contribution is 6.15. The third kappa shape index (κ3) is 8.44. The fraction of sp³-hybridized carbons (Fsp3) is 0. The lowest BCUT2D eigenvalue weighted by molar-refractivity contribution is 1.06. The van der Waals surface area contributed by atoms with Crippen molar-refractivity contribution in [2.45, 2.75) is 0 Å². The largest absolute Gasteiger partial charge is 0.309 e. The Bertz CT molecular complexity index is 6090. The van der Waals surface area contributed by atoms with Crippen molar-refractivity contribution in [3.8, 4) is 96.4 Å². The zero-order valence-electron chi connectivity index (χ0n) is 51.8. The van der Waals surface area contributed by atoms with Crippen LogP contribution in [0.5, 0.6) is 0 Å². The van der Waals surface area contributed by atoms with Crippen LogP contribution in [0, 0.1) is 11.3 Å². The van der Waals surface area contributed by atoms with E-state index < -0.39 is 0 Å². The monoisotopic (exact) mass is 1220 g/mol. The molecule has 14 aromatic carbocycles. The molecule has 19 rings (SSSR count). The lowest BCUT2D eigenvalue weighted by Gasteiger charge is -2.27. The molecular weight excluding hydrogens is 1170 g/mol. The maximum absolute atomic E-state index is 12.8. The molecule has 19 aromatic rings. The van der Waals surface area contributed by atoms with Crippen molar-refractivity contribution < 1.29 is 0 Å². The second kappa shape index (κ2) is 22.0. The van der Waals surface area contributed by atoms with Gasteiger partial charge in [-0.1, -0.05) is 243 Å². The first kappa shape index (κ1) is 54.5. The van der Waals surface area contributed by atoms with Crippen molar-refractivity contribution in [1.29, 1.82) is 5.26 Å². The molecule has 0 bridgehead atoms. The minimum absolute atomic E-state index is 0.411. The summed E-state index contributed by atoms with van der Waals surface area (Å²) in [5, 5.41) is 22.1. The van der Waals surface area contributed by atoms with Gasteiger partial charge in [0, 0.05) is 88.0 Å². The molecule has 0 unspecified atom stereocenters. The molecule has 0 radical (unpaired) electrons. The van der Waals surface area contributed by atoms with E-state index >= 15 is 0 Å². The Morgan fingerprint density at radius 1 is 0.208 bits per heavy atom. The van der Waals surface area contributed by atoms with Crippen molar-refractivity contribution >= 4 is 87.2 Å². The number of nitrogens with zero attached hydrogens (tertiary/aromatic N) is 8. The van der Waals surface area contributed by atoms with Gasteiger partial charge >= 0.3 is 0 Å². The summed E-state index contributed by atoms with van der Waals surface area (Å²) >= 11 is 0. The molecule has 0 aliphatic heterocycles. The molecule has 0 atom stereocenters. The van der Waals surface area contributed by atoms with E-state index in [2.05, 4.69) is 291 Å². The fourth-order valence-electron chi connectivity index (χ4n) is 15.2. The first-order valence-corrected chi connectivity index (χ1v) is 32.4. The molecule has 0 fully saturated rings. The molecule has 0 saturated heterocycles. The topological polar surface area (TPSA) is 82.2 Å². The first-order chi connectivity index (χ1) is 47.6. The molecule has 0 saturated carbocycles. The van der Waals surface area contributed by atoms with E-state index in [-0.39, 0.29) is 0 Å². The standard InChI is InChI=1S/C88H54N8/c89-55-72-81(56-43-49-61(50-44-56)93-73-35-15-7-27-64(73)65-28-8-16-36-74(65)93)83(58-47-53-63(54-48-58)95-77-39-19-11-31-68(77)69-32-12-20-40-78(69)95)85(96-79-41-21-13-33-70(79)71-34-14-22-42-80(71)96)84(88-91-86(59-23-3-1-4-24-59)90-87(92-88)60-25-5-2-6-26-60)82(72)57-45-51-62(52-46-57)94-75-37-17-9-29-66(75)67-30-10-18-38-76(67)94/h1-54H. The Morgan fingerprint density at radius 3 is 0.740 bits per heavy atom. The number of rotatable bonds is 10. The van der Waals surface area contributed by atoms with Crippen LogP contribution in [0.25, 0.3) is 178 Å². The molecule has 446 valence electrons. The number of benzene rings is 14. The van der Waals surface area contributed by atoms with Crippen molar-refractivity contribution in [3.63, 3.8) is 0 Å². The normalized spacial score (nSPS) is 11.7. The second-order valence-corrected chi connectivity index (χ2v) is 24.5. The fourth-order valence-corrected chi connectivity index (χ4v) is 15.2. The third-order valence-corrected chi connectivity index (χ3v) is 19.3. The molecular formula is C88H54N8. The predicted octanol–water partition coefficient (Wildman–Crippen LogP) is 22.1. The third-order valence-electron chi connectivity index (χ3n) is 19.3. The van der Waals surface area contributed by atoms with Gasteiger partial charge in [0.15, 0.2) is 17.5 Å². The molecule has 0 aliphatic rings. The van der Waals surface area contributed by atoms with Crippen LogP contribution in [0.1, 0.15) is 5.56 Å². The second-order valence-electron chi connectivity index (χ2n) is 24.5. The summed E-state index contributed by atoms with van der Waals surface area (Å²) in [6.07, 6.45) is 0. The van der Waals surface area contributed by atoms with E-state index in [1.54, 1.807) is 0 Å². The highest BCUT2D eigenvalue weighted by Crippen LogP contribution is 2.53. The van der Waals surface area contributed by atoms with Crippen molar-refractivity contribution in [2.75, 3.05) is 0 Å². The summed E-state index contributed by atoms with van der Waals surface area (Å²) in [5.74, 6) is 1.41. The van der Waals surface area contributed by atoms with Crippen LogP contribution in [0.2, 0.25) is 0 Å². The molecule has 8 heteroatoms. The minimum Gasteiger partial charge on any atom is -0.309 e. The molecule has 5 heterocycles. The highest BCUT2D eigenvalue weighted by Gasteiger charge is 2.33. The summed E-state index contributed by atoms with van der Waals surface area (Å²) in [4.78, 5) is 16.7. The maximum Gasteiger partial charge on any atom is 0.166 e. The van der Waals surface area contributed by atoms with Gasteiger partial charge in [-0.05, 0) is 102 Å². The van der Waals surface area contributed by atoms with Gasteiger partial charge in [0.2, 0.25) is 0 Å². The Labute approximate surface area is 552 Å². The van der Waals surface area contributed by atoms with Crippen LogP contribution in [-0.4, -0.2) is 33.2 Å². The van der Waals surface area contributed by atoms with Gasteiger partial charge in [-0.3, -0.25) is 0 Å². The van der Waals surface area contributed by atoms with E-state index in [4.69, 9.17) is 15.0 Å². The molecule has 0 spiro atoms. The Hall–Kier alpha value is -13.2. The molecule has 0 N–H and O–H groups in total. The smallest absolute Gasteiger partial charge is 0.166 e. The van der Waals surface area contributed by atoms with Crippen molar-refractivity contribution in [1.82, 2.24) is 33.2 Å². The molecule has 0 aliphatic carbocycles. The van der Waals surface area contributed by atoms with Gasteiger partial charge in [-0.25, -0.2) is 15.0 Å². The van der Waals surface area contributed by atoms with Gasteiger partial charge in [0.25, 0.3) is 0 Å². The molecule has 8 nitrogen and oxygen atoms in total. The first-order valence-electron chi connectivity index (χ1n) is 32.4. The zero-order valence-corrected chi connectivity index (χ0v) is 51.8. The van der Waals surface area contributed by atoms with Crippen LogP contribution in [0.15, 0.2) is 328 Å². The average Bonchev–Trinajstić information content (AvgIpc) is 1.19. The Morgan fingerprint density at radius 2 is 0.448 bits per heavy atom. The van der Waals surface area contributed by atoms with Gasteiger partial charge in [0.1, 0.15) is 6.07 Å². The lowest BCUT2D eigenvalue weighted by Crippen LogP contribution is -2.10. The zero-order chi connectivity index (χ0) is 63.4. The Kier molecular flexibility index (Phi) is 12.5. The minimum atomic E-state index is 0.411. The van der Waals surface area contributed by atoms with E-state index in [0.717, 1.165) is 117 Å². The number of nitriles is 1. The van der Waals surface area contributed by atoms with Gasteiger partial charge in [-0.2, -0.15) is 5.26 Å². The quantitative estimate of drug-likeness (QED) is 0.137. The van der Waals surface area contributed by atoms with Crippen LogP contribution < -0.4 is 0 Å². The van der Waals surface area contributed by atoms with E-state index in [1.165, 1.54) is 32.3 Å². The molecule has 0 amide bonds. The van der Waals surface area contributed by atoms with E-state index in [0.29, 0.717) is 34.2 Å². The number of fused-ring (bicyclic) bond motifs is 12. The number of para-hydroxylation sites is 8. The summed E-state index contributed by atoms with van der Waals surface area (Å²) in [6, 6.07) is 119. The van der Waals surface area contributed by atoms with Crippen LogP contribution in [0.3, 0.4) is 0 Å². The van der Waals surface area contributed by atoms with Crippen molar-refractivity contribution in [2.24, 2.45) is 0 Å². The summed E-state index contributed by atoms with van der Waals surface area (Å²) in [5.41, 5.74) is 20.0. The SMILES string of the molecule is N#Cc1c(-c2ccc(-n3c4ccccc4c4ccccc43)cc2)c(-c2ccc(-n3c4ccccc4c4ccccc43)cc2)c(-n2c3ccccc3c3ccccc32)c(-c2nc(-c3ccccc3)nc(-c3ccccc3)n2)c1-c1ccc(-n2c3ccccc3c3ccccc32)cc1. The summed E-state index contributed by atoms with van der Waals surface area (Å²) < 4.78 is 9.46. The van der Waals surface area contributed by atoms with Crippen molar-refractivity contribution in [3.05, 3.63) is 333 Å². The number of hydrogen-bond donors (Lipinski definition) is 0. The maximum atomic E-state index is 12.8. The molecule has 5 aromatic heterocycles. The van der Waals surface area contributed by atoms with Gasteiger partial charge in [-0.15, -0.1) is 0 Å². The van der Waals surface area contributed by atoms with Gasteiger partial charge in [0.05, 0.1) is 60.9 Å². The Balaban J connectivity index is 0.979. The lowest BCUT2D eigenvalue weighted by atomic mass is 9.81.